The van der Waals surface area contributed by atoms with Crippen molar-refractivity contribution >= 4 is 5.69 Å². The number of nitrogen functional groups attached to an aromatic ring is 1. The Bertz CT molecular complexity index is 668. The van der Waals surface area contributed by atoms with E-state index in [1.807, 2.05) is 0 Å². The fourth-order valence-electron chi connectivity index (χ4n) is 1.76. The summed E-state index contributed by atoms with van der Waals surface area (Å²) in [6.07, 6.45) is -9.47. The maximum absolute atomic E-state index is 13.5. The molecule has 0 fully saturated rings. The summed E-state index contributed by atoms with van der Waals surface area (Å²) in [4.78, 5) is 0. The van der Waals surface area contributed by atoms with Crippen LogP contribution in [0.4, 0.5) is 32.0 Å². The van der Waals surface area contributed by atoms with Crippen LogP contribution in [0.25, 0.3) is 0 Å². The Morgan fingerprint density at radius 3 is 1.96 bits per heavy atom. The molecule has 2 rings (SSSR count). The second-order valence-electron chi connectivity index (χ2n) is 4.69. The summed E-state index contributed by atoms with van der Waals surface area (Å²) in [6.45, 7) is 0. The van der Waals surface area contributed by atoms with Crippen LogP contribution in [-0.2, 0) is 0 Å². The van der Waals surface area contributed by atoms with Gasteiger partial charge < -0.3 is 10.5 Å². The zero-order valence-electron chi connectivity index (χ0n) is 11.4. The van der Waals surface area contributed by atoms with Gasteiger partial charge in [0.05, 0.1) is 5.69 Å². The fourth-order valence-corrected chi connectivity index (χ4v) is 1.76. The van der Waals surface area contributed by atoms with Crippen molar-refractivity contribution in [2.45, 2.75) is 18.3 Å². The lowest BCUT2D eigenvalue weighted by Crippen LogP contribution is -2.40. The summed E-state index contributed by atoms with van der Waals surface area (Å²) in [5, 5.41) is 0. The first-order valence-electron chi connectivity index (χ1n) is 6.34. The molecule has 2 N–H and O–H groups in total. The maximum Gasteiger partial charge on any atom is 0.456 e. The van der Waals surface area contributed by atoms with Crippen molar-refractivity contribution in [2.75, 3.05) is 5.73 Å². The van der Waals surface area contributed by atoms with Crippen molar-refractivity contribution in [3.63, 3.8) is 0 Å². The van der Waals surface area contributed by atoms with Crippen LogP contribution in [0.15, 0.2) is 48.5 Å². The van der Waals surface area contributed by atoms with Gasteiger partial charge in [0, 0.05) is 0 Å². The van der Waals surface area contributed by atoms with Gasteiger partial charge >= 0.3 is 12.1 Å². The average molecular weight is 335 g/mol. The minimum Gasteiger partial charge on any atom is -0.455 e. The van der Waals surface area contributed by atoms with Gasteiger partial charge in [-0.2, -0.15) is 22.0 Å². The Morgan fingerprint density at radius 2 is 1.43 bits per heavy atom. The second-order valence-corrected chi connectivity index (χ2v) is 4.69. The summed E-state index contributed by atoms with van der Waals surface area (Å²) >= 11 is 0. The molecular weight excluding hydrogens is 324 g/mol. The van der Waals surface area contributed by atoms with Crippen LogP contribution in [0.2, 0.25) is 0 Å². The van der Waals surface area contributed by atoms with Crippen LogP contribution in [-0.4, -0.2) is 12.1 Å². The van der Waals surface area contributed by atoms with Gasteiger partial charge in [-0.05, 0) is 29.8 Å². The number of alkyl halides is 6. The zero-order chi connectivity index (χ0) is 17.3. The van der Waals surface area contributed by atoms with E-state index in [0.717, 1.165) is 24.3 Å². The number of benzene rings is 2. The maximum atomic E-state index is 13.5. The molecule has 0 aliphatic heterocycles. The van der Waals surface area contributed by atoms with E-state index < -0.39 is 23.8 Å². The normalized spacial score (nSPS) is 13.7. The molecule has 0 radical (unpaired) electrons. The van der Waals surface area contributed by atoms with E-state index in [1.54, 1.807) is 24.3 Å². The van der Waals surface area contributed by atoms with Gasteiger partial charge in [-0.15, -0.1) is 0 Å². The van der Waals surface area contributed by atoms with Gasteiger partial charge in [0.25, 0.3) is 0 Å². The molecule has 1 unspecified atom stereocenters. The second kappa shape index (κ2) is 6.02. The molecular formula is C15H11F6NO. The Labute approximate surface area is 127 Å². The lowest BCUT2D eigenvalue weighted by atomic mass is 10.0. The Balaban J connectivity index is 2.18. The Hall–Kier alpha value is -2.38. The molecule has 0 bridgehead atoms. The van der Waals surface area contributed by atoms with Crippen LogP contribution in [0.5, 0.6) is 11.5 Å². The minimum atomic E-state index is -5.97. The first-order chi connectivity index (χ1) is 10.6. The van der Waals surface area contributed by atoms with Gasteiger partial charge in [-0.3, -0.25) is 0 Å². The SMILES string of the molecule is Nc1ccccc1Oc1ccc(C(F)C(F)(F)C(F)(F)F)cc1. The number of ether oxygens (including phenoxy) is 1. The standard InChI is InChI=1S/C15H11F6NO/c16-13(14(17,18)15(19,20)21)9-5-7-10(8-6-9)23-12-4-2-1-3-11(12)22/h1-8,13H,22H2. The molecule has 0 aliphatic carbocycles. The van der Waals surface area contributed by atoms with Gasteiger partial charge in [0.15, 0.2) is 6.17 Å². The highest BCUT2D eigenvalue weighted by atomic mass is 19.4. The van der Waals surface area contributed by atoms with Gasteiger partial charge in [-0.25, -0.2) is 4.39 Å². The van der Waals surface area contributed by atoms with Crippen molar-refractivity contribution < 1.29 is 31.1 Å². The molecule has 2 aromatic carbocycles. The smallest absolute Gasteiger partial charge is 0.455 e. The predicted octanol–water partition coefficient (Wildman–Crippen LogP) is 5.27. The van der Waals surface area contributed by atoms with Crippen LogP contribution >= 0.6 is 0 Å². The van der Waals surface area contributed by atoms with Gasteiger partial charge in [0.1, 0.15) is 11.5 Å². The molecule has 1 atom stereocenters. The van der Waals surface area contributed by atoms with E-state index in [2.05, 4.69) is 0 Å². The van der Waals surface area contributed by atoms with Crippen molar-refractivity contribution in [3.05, 3.63) is 54.1 Å². The molecule has 0 spiro atoms. The summed E-state index contributed by atoms with van der Waals surface area (Å²) in [7, 11) is 0. The Morgan fingerprint density at radius 1 is 0.870 bits per heavy atom. The molecule has 0 aliphatic rings. The molecule has 0 amide bonds. The van der Waals surface area contributed by atoms with E-state index in [4.69, 9.17) is 10.5 Å². The largest absolute Gasteiger partial charge is 0.456 e. The number of nitrogens with two attached hydrogens (primary N) is 1. The number of para-hydroxylation sites is 2. The predicted molar refractivity (Wildman–Crippen MR) is 72.2 cm³/mol. The molecule has 124 valence electrons. The molecule has 0 saturated heterocycles. The van der Waals surface area contributed by atoms with Crippen molar-refractivity contribution in [1.82, 2.24) is 0 Å². The molecule has 2 aromatic rings. The van der Waals surface area contributed by atoms with Crippen LogP contribution in [0.3, 0.4) is 0 Å². The molecule has 23 heavy (non-hydrogen) atoms. The van der Waals surface area contributed by atoms with E-state index in [9.17, 15) is 26.3 Å². The molecule has 0 aromatic heterocycles. The summed E-state index contributed by atoms with van der Waals surface area (Å²) in [6, 6.07) is 10.2. The minimum absolute atomic E-state index is 0.120. The quantitative estimate of drug-likeness (QED) is 0.610. The van der Waals surface area contributed by atoms with Crippen LogP contribution < -0.4 is 10.5 Å². The van der Waals surface area contributed by atoms with Crippen molar-refractivity contribution in [3.8, 4) is 11.5 Å². The molecule has 2 nitrogen and oxygen atoms in total. The first kappa shape index (κ1) is 17.0. The number of anilines is 1. The topological polar surface area (TPSA) is 35.2 Å². The zero-order valence-corrected chi connectivity index (χ0v) is 11.4. The summed E-state index contributed by atoms with van der Waals surface area (Å²) in [5.74, 6) is -5.08. The monoisotopic (exact) mass is 335 g/mol. The number of hydrogen-bond acceptors (Lipinski definition) is 2. The highest BCUT2D eigenvalue weighted by molar-refractivity contribution is 5.53. The summed E-state index contributed by atoms with van der Waals surface area (Å²) in [5.41, 5.74) is 5.15. The number of halogens is 6. The van der Waals surface area contributed by atoms with E-state index in [-0.39, 0.29) is 11.5 Å². The Kier molecular flexibility index (Phi) is 4.44. The van der Waals surface area contributed by atoms with Crippen molar-refractivity contribution in [1.29, 1.82) is 0 Å². The van der Waals surface area contributed by atoms with Gasteiger partial charge in [0.2, 0.25) is 0 Å². The van der Waals surface area contributed by atoms with Crippen LogP contribution in [0, 0.1) is 0 Å². The van der Waals surface area contributed by atoms with E-state index in [1.165, 1.54) is 0 Å². The lowest BCUT2D eigenvalue weighted by Gasteiger charge is -2.23. The molecule has 8 heteroatoms. The summed E-state index contributed by atoms with van der Waals surface area (Å²) < 4.78 is 81.2. The highest BCUT2D eigenvalue weighted by Crippen LogP contribution is 2.46. The lowest BCUT2D eigenvalue weighted by molar-refractivity contribution is -0.305. The van der Waals surface area contributed by atoms with E-state index >= 15 is 0 Å². The van der Waals surface area contributed by atoms with Crippen LogP contribution in [0.1, 0.15) is 11.7 Å². The number of hydrogen-bond donors (Lipinski definition) is 1. The third kappa shape index (κ3) is 3.52. The number of rotatable bonds is 4. The average Bonchev–Trinajstić information content (AvgIpc) is 2.48. The highest BCUT2D eigenvalue weighted by Gasteiger charge is 2.63. The molecule has 0 saturated carbocycles. The molecule has 0 heterocycles. The van der Waals surface area contributed by atoms with E-state index in [0.29, 0.717) is 5.69 Å². The first-order valence-corrected chi connectivity index (χ1v) is 6.34. The van der Waals surface area contributed by atoms with Crippen molar-refractivity contribution in [2.24, 2.45) is 0 Å². The van der Waals surface area contributed by atoms with Gasteiger partial charge in [-0.1, -0.05) is 24.3 Å². The third-order valence-corrected chi connectivity index (χ3v) is 3.02. The fraction of sp³-hybridized carbons (Fsp3) is 0.200. The third-order valence-electron chi connectivity index (χ3n) is 3.02.